The molecule has 1 saturated heterocycles. The number of carbonyl (C=O) groups is 1. The van der Waals surface area contributed by atoms with Gasteiger partial charge in [0.25, 0.3) is 0 Å². The van der Waals surface area contributed by atoms with Crippen molar-refractivity contribution in [2.75, 3.05) is 32.8 Å². The quantitative estimate of drug-likeness (QED) is 0.726. The van der Waals surface area contributed by atoms with Crippen LogP contribution >= 0.6 is 0 Å². The molecule has 0 spiro atoms. The zero-order chi connectivity index (χ0) is 13.1. The number of hydrogen-bond donors (Lipinski definition) is 2. The van der Waals surface area contributed by atoms with Gasteiger partial charge in [0.15, 0.2) is 0 Å². The number of aliphatic hydroxyl groups excluding tert-OH is 1. The Morgan fingerprint density at radius 3 is 2.47 bits per heavy atom. The Kier molecular flexibility index (Phi) is 4.35. The predicted octanol–water partition coefficient (Wildman–Crippen LogP) is -0.0565. The Bertz CT molecular complexity index is 269. The maximum atomic E-state index is 11.7. The van der Waals surface area contributed by atoms with E-state index in [1.165, 1.54) is 0 Å². The number of carbonyl (C=O) groups excluding carboxylic acids is 1. The lowest BCUT2D eigenvalue weighted by molar-refractivity contribution is -0.138. The number of nitrogens with zero attached hydrogens (tertiary/aromatic N) is 1. The van der Waals surface area contributed by atoms with E-state index in [4.69, 9.17) is 20.3 Å². The number of likely N-dealkylation sites (tertiary alicyclic amines) is 1. The average Bonchev–Trinajstić information content (AvgIpc) is 2.14. The van der Waals surface area contributed by atoms with Gasteiger partial charge in [-0.15, -0.1) is 0 Å². The Morgan fingerprint density at radius 1 is 1.47 bits per heavy atom. The van der Waals surface area contributed by atoms with Gasteiger partial charge in [-0.1, -0.05) is 0 Å². The number of hydrogen-bond acceptors (Lipinski definition) is 5. The van der Waals surface area contributed by atoms with Crippen LogP contribution in [0, 0.1) is 0 Å². The maximum absolute atomic E-state index is 11.7. The van der Waals surface area contributed by atoms with Gasteiger partial charge in [-0.2, -0.15) is 0 Å². The first kappa shape index (κ1) is 14.2. The Morgan fingerprint density at radius 2 is 2.06 bits per heavy atom. The first-order valence-electron chi connectivity index (χ1n) is 5.75. The van der Waals surface area contributed by atoms with Crippen molar-refractivity contribution in [2.45, 2.75) is 32.0 Å². The maximum Gasteiger partial charge on any atom is 0.410 e. The van der Waals surface area contributed by atoms with Crippen LogP contribution in [0.4, 0.5) is 4.79 Å². The number of rotatable bonds is 4. The van der Waals surface area contributed by atoms with Crippen LogP contribution in [-0.4, -0.2) is 60.1 Å². The van der Waals surface area contributed by atoms with Crippen LogP contribution in [-0.2, 0) is 9.47 Å². The number of amides is 1. The third-order valence-electron chi connectivity index (χ3n) is 2.48. The highest BCUT2D eigenvalue weighted by Gasteiger charge is 2.46. The minimum Gasteiger partial charge on any atom is -0.444 e. The molecule has 6 nitrogen and oxygen atoms in total. The molecular weight excluding hydrogens is 224 g/mol. The SMILES string of the molecule is CC(C)(C)OC(=O)N1CC(CN)(OCCO)C1. The number of nitrogens with two attached hydrogens (primary N) is 1. The zero-order valence-electron chi connectivity index (χ0n) is 10.7. The molecule has 1 fully saturated rings. The van der Waals surface area contributed by atoms with Crippen molar-refractivity contribution < 1.29 is 19.4 Å². The van der Waals surface area contributed by atoms with Crippen molar-refractivity contribution >= 4 is 6.09 Å². The highest BCUT2D eigenvalue weighted by Crippen LogP contribution is 2.26. The molecule has 1 aliphatic rings. The first-order valence-corrected chi connectivity index (χ1v) is 5.75. The third-order valence-corrected chi connectivity index (χ3v) is 2.48. The van der Waals surface area contributed by atoms with E-state index < -0.39 is 11.2 Å². The predicted molar refractivity (Wildman–Crippen MR) is 62.6 cm³/mol. The topological polar surface area (TPSA) is 85.0 Å². The second-order valence-corrected chi connectivity index (χ2v) is 5.30. The second kappa shape index (κ2) is 5.20. The van der Waals surface area contributed by atoms with E-state index in [0.717, 1.165) is 0 Å². The standard InChI is InChI=1S/C11H22N2O4/c1-10(2,3)17-9(15)13-7-11(6-12,8-13)16-5-4-14/h14H,4-8,12H2,1-3H3. The average molecular weight is 246 g/mol. The fraction of sp³-hybridized carbons (Fsp3) is 0.909. The Hall–Kier alpha value is -0.850. The van der Waals surface area contributed by atoms with Gasteiger partial charge in [0.05, 0.1) is 26.3 Å². The number of aliphatic hydroxyl groups is 1. The molecule has 1 aliphatic heterocycles. The largest absolute Gasteiger partial charge is 0.444 e. The monoisotopic (exact) mass is 246 g/mol. The van der Waals surface area contributed by atoms with Crippen molar-refractivity contribution in [3.8, 4) is 0 Å². The molecule has 1 heterocycles. The van der Waals surface area contributed by atoms with Crippen LogP contribution in [0.1, 0.15) is 20.8 Å². The molecular formula is C11H22N2O4. The van der Waals surface area contributed by atoms with E-state index in [9.17, 15) is 4.79 Å². The summed E-state index contributed by atoms with van der Waals surface area (Å²) in [5.74, 6) is 0. The molecule has 0 aromatic rings. The molecule has 1 rings (SSSR count). The molecule has 100 valence electrons. The van der Waals surface area contributed by atoms with Crippen molar-refractivity contribution in [3.63, 3.8) is 0 Å². The molecule has 0 saturated carbocycles. The van der Waals surface area contributed by atoms with Crippen LogP contribution in [0.25, 0.3) is 0 Å². The van der Waals surface area contributed by atoms with Crippen molar-refractivity contribution in [1.82, 2.24) is 4.90 Å². The summed E-state index contributed by atoms with van der Waals surface area (Å²) in [7, 11) is 0. The highest BCUT2D eigenvalue weighted by atomic mass is 16.6. The van der Waals surface area contributed by atoms with Crippen LogP contribution in [0.5, 0.6) is 0 Å². The van der Waals surface area contributed by atoms with Crippen molar-refractivity contribution in [2.24, 2.45) is 5.73 Å². The molecule has 3 N–H and O–H groups in total. The van der Waals surface area contributed by atoms with Crippen molar-refractivity contribution in [3.05, 3.63) is 0 Å². The van der Waals surface area contributed by atoms with Gasteiger partial charge in [0.2, 0.25) is 0 Å². The summed E-state index contributed by atoms with van der Waals surface area (Å²) in [4.78, 5) is 13.2. The minimum atomic E-state index is -0.514. The molecule has 0 radical (unpaired) electrons. The molecule has 0 unspecified atom stereocenters. The summed E-state index contributed by atoms with van der Waals surface area (Å²) >= 11 is 0. The Labute approximate surface area is 102 Å². The van der Waals surface area contributed by atoms with Gasteiger partial charge in [-0.3, -0.25) is 0 Å². The van der Waals surface area contributed by atoms with Crippen LogP contribution in [0.15, 0.2) is 0 Å². The molecule has 0 atom stereocenters. The molecule has 0 aromatic heterocycles. The lowest BCUT2D eigenvalue weighted by atomic mass is 9.94. The molecule has 0 bridgehead atoms. The molecule has 1 amide bonds. The number of ether oxygens (including phenoxy) is 2. The van der Waals surface area contributed by atoms with Crippen LogP contribution < -0.4 is 5.73 Å². The Balaban J connectivity index is 2.40. The third kappa shape index (κ3) is 3.83. The van der Waals surface area contributed by atoms with Gasteiger partial charge >= 0.3 is 6.09 Å². The minimum absolute atomic E-state index is 0.0474. The van der Waals surface area contributed by atoms with Gasteiger partial charge < -0.3 is 25.2 Å². The summed E-state index contributed by atoms with van der Waals surface area (Å²) in [6.07, 6.45) is -0.353. The summed E-state index contributed by atoms with van der Waals surface area (Å²) in [5, 5.41) is 8.70. The lowest BCUT2D eigenvalue weighted by Crippen LogP contribution is -2.68. The summed E-state index contributed by atoms with van der Waals surface area (Å²) in [5.41, 5.74) is 4.60. The van der Waals surface area contributed by atoms with E-state index in [0.29, 0.717) is 19.6 Å². The van der Waals surface area contributed by atoms with Gasteiger partial charge in [-0.05, 0) is 20.8 Å². The summed E-state index contributed by atoms with van der Waals surface area (Å²) in [6.45, 7) is 6.81. The van der Waals surface area contributed by atoms with Gasteiger partial charge in [-0.25, -0.2) is 4.79 Å². The van der Waals surface area contributed by atoms with Gasteiger partial charge in [0, 0.05) is 6.54 Å². The van der Waals surface area contributed by atoms with Crippen LogP contribution in [0.3, 0.4) is 0 Å². The first-order chi connectivity index (χ1) is 7.82. The molecule has 0 aromatic carbocycles. The lowest BCUT2D eigenvalue weighted by Gasteiger charge is -2.48. The highest BCUT2D eigenvalue weighted by molar-refractivity contribution is 5.69. The smallest absolute Gasteiger partial charge is 0.410 e. The summed E-state index contributed by atoms with van der Waals surface area (Å²) in [6, 6.07) is 0. The van der Waals surface area contributed by atoms with E-state index in [1.54, 1.807) is 4.90 Å². The van der Waals surface area contributed by atoms with E-state index in [-0.39, 0.29) is 19.3 Å². The van der Waals surface area contributed by atoms with Crippen molar-refractivity contribution in [1.29, 1.82) is 0 Å². The molecule has 0 aliphatic carbocycles. The molecule has 17 heavy (non-hydrogen) atoms. The fourth-order valence-electron chi connectivity index (χ4n) is 1.65. The fourth-order valence-corrected chi connectivity index (χ4v) is 1.65. The normalized spacial score (nSPS) is 18.8. The van der Waals surface area contributed by atoms with Gasteiger partial charge in [0.1, 0.15) is 11.2 Å². The van der Waals surface area contributed by atoms with E-state index >= 15 is 0 Å². The zero-order valence-corrected chi connectivity index (χ0v) is 10.7. The van der Waals surface area contributed by atoms with E-state index in [1.807, 2.05) is 20.8 Å². The second-order valence-electron chi connectivity index (χ2n) is 5.30. The van der Waals surface area contributed by atoms with E-state index in [2.05, 4.69) is 0 Å². The summed E-state index contributed by atoms with van der Waals surface area (Å²) < 4.78 is 10.7. The molecule has 6 heteroatoms. The van der Waals surface area contributed by atoms with Crippen LogP contribution in [0.2, 0.25) is 0 Å².